The van der Waals surface area contributed by atoms with Gasteiger partial charge in [0.15, 0.2) is 0 Å². The molecular formula is C13H14ClNO2. The summed E-state index contributed by atoms with van der Waals surface area (Å²) in [6, 6.07) is 7.35. The van der Waals surface area contributed by atoms with Crippen LogP contribution >= 0.6 is 11.6 Å². The van der Waals surface area contributed by atoms with Crippen molar-refractivity contribution in [2.24, 2.45) is 0 Å². The summed E-state index contributed by atoms with van der Waals surface area (Å²) in [5.74, 6) is 0.0379. The molecule has 4 heteroatoms. The average Bonchev–Trinajstić information content (AvgIpc) is 2.36. The normalized spacial score (nSPS) is 9.71. The molecule has 0 atom stereocenters. The number of carbonyl (C=O) groups is 1. The maximum Gasteiger partial charge on any atom is 0.338 e. The van der Waals surface area contributed by atoms with Crippen LogP contribution in [-0.4, -0.2) is 12.6 Å². The molecule has 0 saturated carbocycles. The number of alkyl halides is 1. The number of ether oxygens (including phenoxy) is 1. The second kappa shape index (κ2) is 6.93. The summed E-state index contributed by atoms with van der Waals surface area (Å²) >= 11 is 5.80. The van der Waals surface area contributed by atoms with Crippen molar-refractivity contribution in [3.05, 3.63) is 34.9 Å². The van der Waals surface area contributed by atoms with E-state index < -0.39 is 0 Å². The first-order valence-electron chi connectivity index (χ1n) is 5.44. The molecule has 0 N–H and O–H groups in total. The highest BCUT2D eigenvalue weighted by Crippen LogP contribution is 2.17. The van der Waals surface area contributed by atoms with Gasteiger partial charge in [-0.05, 0) is 36.6 Å². The predicted molar refractivity (Wildman–Crippen MR) is 65.9 cm³/mol. The summed E-state index contributed by atoms with van der Waals surface area (Å²) in [5.41, 5.74) is 2.40. The third-order valence-electron chi connectivity index (χ3n) is 2.37. The van der Waals surface area contributed by atoms with E-state index in [2.05, 4.69) is 6.07 Å². The Morgan fingerprint density at radius 1 is 1.47 bits per heavy atom. The van der Waals surface area contributed by atoms with Gasteiger partial charge in [0.25, 0.3) is 0 Å². The number of hydrogen-bond acceptors (Lipinski definition) is 3. The molecule has 0 aliphatic carbocycles. The Hall–Kier alpha value is -1.53. The van der Waals surface area contributed by atoms with Crippen LogP contribution in [0.1, 0.15) is 34.8 Å². The first-order valence-corrected chi connectivity index (χ1v) is 5.98. The number of carbonyl (C=O) groups excluding carboxylic acids is 1. The third-order valence-corrected chi connectivity index (χ3v) is 2.66. The summed E-state index contributed by atoms with van der Waals surface area (Å²) in [7, 11) is 0. The van der Waals surface area contributed by atoms with E-state index in [4.69, 9.17) is 21.6 Å². The van der Waals surface area contributed by atoms with E-state index in [1.807, 2.05) is 6.07 Å². The lowest BCUT2D eigenvalue weighted by molar-refractivity contribution is 0.0526. The molecule has 0 aromatic heterocycles. The maximum absolute atomic E-state index is 11.6. The van der Waals surface area contributed by atoms with E-state index >= 15 is 0 Å². The number of hydrogen-bond donors (Lipinski definition) is 0. The summed E-state index contributed by atoms with van der Waals surface area (Å²) in [5, 5.41) is 8.58. The van der Waals surface area contributed by atoms with Gasteiger partial charge in [-0.2, -0.15) is 5.26 Å². The molecule has 0 aliphatic heterocycles. The van der Waals surface area contributed by atoms with Crippen molar-refractivity contribution in [1.29, 1.82) is 5.26 Å². The zero-order valence-corrected chi connectivity index (χ0v) is 10.5. The van der Waals surface area contributed by atoms with Gasteiger partial charge in [-0.15, -0.1) is 11.6 Å². The monoisotopic (exact) mass is 251 g/mol. The Balaban J connectivity index is 2.96. The molecule has 0 saturated heterocycles. The highest BCUT2D eigenvalue weighted by molar-refractivity contribution is 6.17. The van der Waals surface area contributed by atoms with E-state index in [1.165, 1.54) is 0 Å². The molecule has 3 nitrogen and oxygen atoms in total. The number of rotatable bonds is 5. The van der Waals surface area contributed by atoms with Crippen molar-refractivity contribution in [1.82, 2.24) is 0 Å². The van der Waals surface area contributed by atoms with Crippen molar-refractivity contribution in [2.45, 2.75) is 25.6 Å². The van der Waals surface area contributed by atoms with E-state index in [1.54, 1.807) is 19.1 Å². The summed E-state index contributed by atoms with van der Waals surface area (Å²) in [6.07, 6.45) is 1.02. The molecule has 0 fully saturated rings. The molecule has 0 amide bonds. The van der Waals surface area contributed by atoms with Crippen LogP contribution in [0.3, 0.4) is 0 Å². The minimum Gasteiger partial charge on any atom is -0.462 e. The lowest BCUT2D eigenvalue weighted by atomic mass is 10.0. The van der Waals surface area contributed by atoms with Gasteiger partial charge in [0.2, 0.25) is 0 Å². The van der Waals surface area contributed by atoms with Crippen LogP contribution in [0, 0.1) is 11.3 Å². The van der Waals surface area contributed by atoms with Crippen LogP contribution in [0.25, 0.3) is 0 Å². The van der Waals surface area contributed by atoms with Gasteiger partial charge in [-0.3, -0.25) is 0 Å². The zero-order valence-electron chi connectivity index (χ0n) is 9.70. The molecule has 90 valence electrons. The van der Waals surface area contributed by atoms with Gasteiger partial charge in [0.1, 0.15) is 0 Å². The first kappa shape index (κ1) is 13.5. The quantitative estimate of drug-likeness (QED) is 0.597. The lowest BCUT2D eigenvalue weighted by Gasteiger charge is -2.08. The minimum atomic E-state index is -0.341. The number of aryl methyl sites for hydroxylation is 1. The van der Waals surface area contributed by atoms with Crippen molar-refractivity contribution in [3.63, 3.8) is 0 Å². The third kappa shape index (κ3) is 3.76. The molecule has 1 aromatic rings. The SMILES string of the molecule is CCOC(=O)c1ccc(CCl)c(CCC#N)c1. The molecule has 0 spiro atoms. The highest BCUT2D eigenvalue weighted by atomic mass is 35.5. The van der Waals surface area contributed by atoms with Crippen LogP contribution in [0.15, 0.2) is 18.2 Å². The van der Waals surface area contributed by atoms with Crippen LogP contribution < -0.4 is 0 Å². The van der Waals surface area contributed by atoms with Crippen LogP contribution in [0.5, 0.6) is 0 Å². The van der Waals surface area contributed by atoms with Gasteiger partial charge in [0.05, 0.1) is 18.2 Å². The Kier molecular flexibility index (Phi) is 5.51. The number of nitriles is 1. The van der Waals surface area contributed by atoms with Crippen molar-refractivity contribution in [3.8, 4) is 6.07 Å². The maximum atomic E-state index is 11.6. The number of esters is 1. The molecule has 1 aromatic carbocycles. The molecule has 0 heterocycles. The van der Waals surface area contributed by atoms with E-state index in [0.717, 1.165) is 11.1 Å². The fraction of sp³-hybridized carbons (Fsp3) is 0.385. The molecular weight excluding hydrogens is 238 g/mol. The Morgan fingerprint density at radius 2 is 2.24 bits per heavy atom. The van der Waals surface area contributed by atoms with Gasteiger partial charge in [0, 0.05) is 12.3 Å². The fourth-order valence-corrected chi connectivity index (χ4v) is 1.78. The molecule has 0 bridgehead atoms. The number of nitrogens with zero attached hydrogens (tertiary/aromatic N) is 1. The second-order valence-electron chi connectivity index (χ2n) is 3.50. The smallest absolute Gasteiger partial charge is 0.338 e. The number of halogens is 1. The van der Waals surface area contributed by atoms with E-state index in [0.29, 0.717) is 30.9 Å². The van der Waals surface area contributed by atoms with Gasteiger partial charge in [-0.1, -0.05) is 6.07 Å². The molecule has 1 rings (SSSR count). The molecule has 0 radical (unpaired) electrons. The highest BCUT2D eigenvalue weighted by Gasteiger charge is 2.09. The van der Waals surface area contributed by atoms with E-state index in [-0.39, 0.29) is 5.97 Å². The predicted octanol–water partition coefficient (Wildman–Crippen LogP) is 3.06. The average molecular weight is 252 g/mol. The van der Waals surface area contributed by atoms with Crippen LogP contribution in [-0.2, 0) is 17.0 Å². The van der Waals surface area contributed by atoms with Crippen LogP contribution in [0.2, 0.25) is 0 Å². The van der Waals surface area contributed by atoms with E-state index in [9.17, 15) is 4.79 Å². The Labute approximate surface area is 106 Å². The minimum absolute atomic E-state index is 0.341. The first-order chi connectivity index (χ1) is 8.22. The largest absolute Gasteiger partial charge is 0.462 e. The molecule has 0 unspecified atom stereocenters. The second-order valence-corrected chi connectivity index (χ2v) is 3.76. The summed E-state index contributed by atoms with van der Waals surface area (Å²) < 4.78 is 4.92. The van der Waals surface area contributed by atoms with Gasteiger partial charge >= 0.3 is 5.97 Å². The Bertz CT molecular complexity index is 438. The van der Waals surface area contributed by atoms with Crippen molar-refractivity contribution < 1.29 is 9.53 Å². The van der Waals surface area contributed by atoms with Crippen molar-refractivity contribution in [2.75, 3.05) is 6.61 Å². The van der Waals surface area contributed by atoms with Crippen LogP contribution in [0.4, 0.5) is 0 Å². The topological polar surface area (TPSA) is 50.1 Å². The van der Waals surface area contributed by atoms with Gasteiger partial charge in [-0.25, -0.2) is 4.79 Å². The molecule has 0 aliphatic rings. The fourth-order valence-electron chi connectivity index (χ4n) is 1.52. The standard InChI is InChI=1S/C13H14ClNO2/c1-2-17-13(16)11-5-6-12(9-14)10(8-11)4-3-7-15/h5-6,8H,2-4,9H2,1H3. The lowest BCUT2D eigenvalue weighted by Crippen LogP contribution is -2.06. The Morgan fingerprint density at radius 3 is 2.82 bits per heavy atom. The van der Waals surface area contributed by atoms with Gasteiger partial charge < -0.3 is 4.74 Å². The molecule has 17 heavy (non-hydrogen) atoms. The summed E-state index contributed by atoms with van der Waals surface area (Å²) in [6.45, 7) is 2.12. The number of benzene rings is 1. The zero-order chi connectivity index (χ0) is 12.7. The van der Waals surface area contributed by atoms with Crippen molar-refractivity contribution >= 4 is 17.6 Å². The summed E-state index contributed by atoms with van der Waals surface area (Å²) in [4.78, 5) is 11.6.